The second-order valence-electron chi connectivity index (χ2n) is 2.82. The van der Waals surface area contributed by atoms with Crippen LogP contribution in [0, 0.1) is 6.92 Å². The molecule has 1 amide bonds. The Balaban J connectivity index is 2.27. The number of hydrogen-bond acceptors (Lipinski definition) is 4. The van der Waals surface area contributed by atoms with Crippen LogP contribution < -0.4 is 5.32 Å². The van der Waals surface area contributed by atoms with Gasteiger partial charge < -0.3 is 4.42 Å². The standard InChI is InChI=1S/C8H12ClN3O2/c1-6-11-12-8(14-6)10-7(13)4-2-3-5-9/h2-5H2,1H3,(H,10,12,13). The van der Waals surface area contributed by atoms with Crippen LogP contribution in [0.3, 0.4) is 0 Å². The highest BCUT2D eigenvalue weighted by Crippen LogP contribution is 2.05. The Morgan fingerprint density at radius 3 is 2.86 bits per heavy atom. The number of carbonyl (C=O) groups excluding carboxylic acids is 1. The number of rotatable bonds is 5. The fourth-order valence-corrected chi connectivity index (χ4v) is 1.10. The van der Waals surface area contributed by atoms with Gasteiger partial charge >= 0.3 is 6.01 Å². The van der Waals surface area contributed by atoms with E-state index in [0.29, 0.717) is 18.2 Å². The van der Waals surface area contributed by atoms with Gasteiger partial charge in [0.05, 0.1) is 0 Å². The second-order valence-corrected chi connectivity index (χ2v) is 3.20. The number of anilines is 1. The van der Waals surface area contributed by atoms with E-state index in [1.807, 2.05) is 0 Å². The summed E-state index contributed by atoms with van der Waals surface area (Å²) in [5.74, 6) is 0.882. The third-order valence-electron chi connectivity index (χ3n) is 1.56. The number of amides is 1. The van der Waals surface area contributed by atoms with Crippen molar-refractivity contribution in [2.45, 2.75) is 26.2 Å². The Morgan fingerprint density at radius 1 is 1.50 bits per heavy atom. The van der Waals surface area contributed by atoms with Gasteiger partial charge in [0.1, 0.15) is 0 Å². The molecule has 0 aliphatic carbocycles. The topological polar surface area (TPSA) is 68.0 Å². The summed E-state index contributed by atoms with van der Waals surface area (Å²) in [5, 5.41) is 9.72. The lowest BCUT2D eigenvalue weighted by atomic mass is 10.2. The van der Waals surface area contributed by atoms with E-state index in [2.05, 4.69) is 15.5 Å². The first-order valence-corrected chi connectivity index (χ1v) is 4.91. The van der Waals surface area contributed by atoms with Gasteiger partial charge in [-0.15, -0.1) is 16.7 Å². The SMILES string of the molecule is Cc1nnc(NC(=O)CCCCCl)o1. The van der Waals surface area contributed by atoms with Gasteiger partial charge in [-0.05, 0) is 12.8 Å². The summed E-state index contributed by atoms with van der Waals surface area (Å²) in [6.45, 7) is 1.66. The predicted octanol–water partition coefficient (Wildman–Crippen LogP) is 1.73. The summed E-state index contributed by atoms with van der Waals surface area (Å²) < 4.78 is 4.98. The van der Waals surface area contributed by atoms with Crippen LogP contribution in [0.2, 0.25) is 0 Å². The molecule has 0 spiro atoms. The molecular weight excluding hydrogens is 206 g/mol. The maximum absolute atomic E-state index is 11.2. The highest BCUT2D eigenvalue weighted by atomic mass is 35.5. The number of aromatic nitrogens is 2. The van der Waals surface area contributed by atoms with Crippen molar-refractivity contribution in [1.82, 2.24) is 10.2 Å². The van der Waals surface area contributed by atoms with Crippen LogP contribution in [0.4, 0.5) is 6.01 Å². The Labute approximate surface area is 86.8 Å². The predicted molar refractivity (Wildman–Crippen MR) is 52.2 cm³/mol. The number of aryl methyl sites for hydroxylation is 1. The Kier molecular flexibility index (Phi) is 4.39. The highest BCUT2D eigenvalue weighted by molar-refractivity contribution is 6.17. The molecule has 0 bridgehead atoms. The summed E-state index contributed by atoms with van der Waals surface area (Å²) in [5.41, 5.74) is 0. The third-order valence-corrected chi connectivity index (χ3v) is 1.83. The van der Waals surface area contributed by atoms with Gasteiger partial charge in [0.15, 0.2) is 0 Å². The molecule has 0 radical (unpaired) electrons. The van der Waals surface area contributed by atoms with Gasteiger partial charge in [0.2, 0.25) is 11.8 Å². The third kappa shape index (κ3) is 3.74. The van der Waals surface area contributed by atoms with E-state index in [-0.39, 0.29) is 11.9 Å². The lowest BCUT2D eigenvalue weighted by Crippen LogP contribution is -2.11. The van der Waals surface area contributed by atoms with Crippen LogP contribution in [0.5, 0.6) is 0 Å². The average molecular weight is 218 g/mol. The van der Waals surface area contributed by atoms with Gasteiger partial charge in [-0.3, -0.25) is 10.1 Å². The Hall–Kier alpha value is -1.10. The average Bonchev–Trinajstić information content (AvgIpc) is 2.52. The highest BCUT2D eigenvalue weighted by Gasteiger charge is 2.06. The van der Waals surface area contributed by atoms with Gasteiger partial charge in [0.25, 0.3) is 0 Å². The molecule has 1 heterocycles. The van der Waals surface area contributed by atoms with Crippen LogP contribution >= 0.6 is 11.6 Å². The molecule has 1 aromatic heterocycles. The first-order chi connectivity index (χ1) is 6.72. The van der Waals surface area contributed by atoms with Gasteiger partial charge in [-0.1, -0.05) is 5.10 Å². The number of alkyl halides is 1. The minimum Gasteiger partial charge on any atom is -0.408 e. The van der Waals surface area contributed by atoms with Crippen molar-refractivity contribution < 1.29 is 9.21 Å². The molecule has 0 aliphatic rings. The molecule has 0 fully saturated rings. The number of nitrogens with one attached hydrogen (secondary N) is 1. The largest absolute Gasteiger partial charge is 0.408 e. The molecule has 1 aromatic rings. The van der Waals surface area contributed by atoms with Gasteiger partial charge in [0, 0.05) is 19.2 Å². The van der Waals surface area contributed by atoms with E-state index >= 15 is 0 Å². The van der Waals surface area contributed by atoms with E-state index in [1.54, 1.807) is 6.92 Å². The minimum absolute atomic E-state index is 0.126. The van der Waals surface area contributed by atoms with Crippen molar-refractivity contribution in [2.24, 2.45) is 0 Å². The monoisotopic (exact) mass is 217 g/mol. The molecule has 14 heavy (non-hydrogen) atoms. The maximum atomic E-state index is 11.2. The van der Waals surface area contributed by atoms with Crippen molar-refractivity contribution in [3.8, 4) is 0 Å². The van der Waals surface area contributed by atoms with E-state index in [1.165, 1.54) is 0 Å². The Morgan fingerprint density at radius 2 is 2.29 bits per heavy atom. The number of nitrogens with zero attached hydrogens (tertiary/aromatic N) is 2. The fourth-order valence-electron chi connectivity index (χ4n) is 0.909. The fraction of sp³-hybridized carbons (Fsp3) is 0.625. The summed E-state index contributed by atoms with van der Waals surface area (Å²) >= 11 is 5.48. The first-order valence-electron chi connectivity index (χ1n) is 4.38. The second kappa shape index (κ2) is 5.59. The Bertz CT molecular complexity index is 301. The molecule has 0 saturated carbocycles. The molecular formula is C8H12ClN3O2. The molecule has 5 nitrogen and oxygen atoms in total. The summed E-state index contributed by atoms with van der Waals surface area (Å²) in [6.07, 6.45) is 2.02. The smallest absolute Gasteiger partial charge is 0.322 e. The lowest BCUT2D eigenvalue weighted by Gasteiger charge is -1.98. The van der Waals surface area contributed by atoms with Crippen LogP contribution in [0.1, 0.15) is 25.2 Å². The molecule has 0 atom stereocenters. The zero-order valence-electron chi connectivity index (χ0n) is 7.92. The summed E-state index contributed by atoms with van der Waals surface area (Å²) in [6, 6.07) is 0.151. The summed E-state index contributed by atoms with van der Waals surface area (Å²) in [7, 11) is 0. The zero-order chi connectivity index (χ0) is 10.4. The quantitative estimate of drug-likeness (QED) is 0.603. The van der Waals surface area contributed by atoms with E-state index in [9.17, 15) is 4.79 Å². The minimum atomic E-state index is -0.126. The molecule has 1 N–H and O–H groups in total. The number of halogens is 1. The van der Waals surface area contributed by atoms with Crippen LogP contribution in [-0.4, -0.2) is 22.0 Å². The van der Waals surface area contributed by atoms with Crippen LogP contribution in [0.25, 0.3) is 0 Å². The van der Waals surface area contributed by atoms with Gasteiger partial charge in [-0.2, -0.15) is 0 Å². The number of carbonyl (C=O) groups is 1. The van der Waals surface area contributed by atoms with Crippen LogP contribution in [-0.2, 0) is 4.79 Å². The van der Waals surface area contributed by atoms with Gasteiger partial charge in [-0.25, -0.2) is 0 Å². The maximum Gasteiger partial charge on any atom is 0.322 e. The molecule has 1 rings (SSSR count). The molecule has 0 unspecified atom stereocenters. The molecule has 0 aliphatic heterocycles. The normalized spacial score (nSPS) is 10.1. The number of hydrogen-bond donors (Lipinski definition) is 1. The molecule has 78 valence electrons. The first kappa shape index (κ1) is 11.0. The summed E-state index contributed by atoms with van der Waals surface area (Å²) in [4.78, 5) is 11.2. The molecule has 0 aromatic carbocycles. The molecule has 0 saturated heterocycles. The zero-order valence-corrected chi connectivity index (χ0v) is 8.67. The van der Waals surface area contributed by atoms with Crippen molar-refractivity contribution in [3.05, 3.63) is 5.89 Å². The van der Waals surface area contributed by atoms with Crippen molar-refractivity contribution in [1.29, 1.82) is 0 Å². The number of unbranched alkanes of at least 4 members (excludes halogenated alkanes) is 1. The van der Waals surface area contributed by atoms with Crippen molar-refractivity contribution in [2.75, 3.05) is 11.2 Å². The lowest BCUT2D eigenvalue weighted by molar-refractivity contribution is -0.116. The van der Waals surface area contributed by atoms with Crippen LogP contribution in [0.15, 0.2) is 4.42 Å². The van der Waals surface area contributed by atoms with Crippen molar-refractivity contribution in [3.63, 3.8) is 0 Å². The van der Waals surface area contributed by atoms with E-state index in [0.717, 1.165) is 12.8 Å². The van der Waals surface area contributed by atoms with E-state index < -0.39 is 0 Å². The van der Waals surface area contributed by atoms with E-state index in [4.69, 9.17) is 16.0 Å². The van der Waals surface area contributed by atoms with Crippen molar-refractivity contribution >= 4 is 23.5 Å². The molecule has 6 heteroatoms.